The third-order valence-corrected chi connectivity index (χ3v) is 3.45. The van der Waals surface area contributed by atoms with Crippen molar-refractivity contribution in [1.82, 2.24) is 0 Å². The van der Waals surface area contributed by atoms with Crippen LogP contribution in [0.3, 0.4) is 0 Å². The Hall–Kier alpha value is -0.800. The van der Waals surface area contributed by atoms with Crippen LogP contribution < -0.4 is 5.73 Å². The lowest BCUT2D eigenvalue weighted by molar-refractivity contribution is -0.116. The van der Waals surface area contributed by atoms with Gasteiger partial charge in [0.15, 0.2) is 0 Å². The number of nitrogens with two attached hydrogens (primary N) is 1. The first-order valence-electron chi connectivity index (χ1n) is 5.48. The van der Waals surface area contributed by atoms with E-state index >= 15 is 0 Å². The minimum atomic E-state index is 0.164. The molecule has 0 aliphatic carbocycles. The van der Waals surface area contributed by atoms with Crippen LogP contribution in [0.25, 0.3) is 0 Å². The lowest BCUT2D eigenvalue weighted by atomic mass is 10.1. The highest BCUT2D eigenvalue weighted by Gasteiger charge is 2.04. The second-order valence-electron chi connectivity index (χ2n) is 4.19. The number of benzene rings is 1. The molecular formula is C13H19NOS. The number of hydrogen-bond donors (Lipinski definition) is 1. The normalized spacial score (nSPS) is 12.4. The predicted molar refractivity (Wildman–Crippen MR) is 70.9 cm³/mol. The van der Waals surface area contributed by atoms with Crippen molar-refractivity contribution in [3.05, 3.63) is 35.4 Å². The Morgan fingerprint density at radius 2 is 2.00 bits per heavy atom. The Balaban J connectivity index is 2.31. The summed E-state index contributed by atoms with van der Waals surface area (Å²) in [6.07, 6.45) is 0.534. The molecule has 0 aliphatic rings. The molecule has 16 heavy (non-hydrogen) atoms. The van der Waals surface area contributed by atoms with Crippen LogP contribution in [0.4, 0.5) is 0 Å². The van der Waals surface area contributed by atoms with Crippen molar-refractivity contribution in [3.63, 3.8) is 0 Å². The van der Waals surface area contributed by atoms with E-state index in [0.29, 0.717) is 12.2 Å². The zero-order valence-corrected chi connectivity index (χ0v) is 10.7. The number of aryl methyl sites for hydroxylation is 1. The molecule has 88 valence electrons. The summed E-state index contributed by atoms with van der Waals surface area (Å²) in [6, 6.07) is 8.28. The molecule has 1 unspecified atom stereocenters. The summed E-state index contributed by atoms with van der Waals surface area (Å²) in [4.78, 5) is 11.6. The van der Waals surface area contributed by atoms with Crippen molar-refractivity contribution in [1.29, 1.82) is 0 Å². The molecule has 2 N–H and O–H groups in total. The maximum atomic E-state index is 11.6. The van der Waals surface area contributed by atoms with Crippen LogP contribution in [0.5, 0.6) is 0 Å². The average Bonchev–Trinajstić information content (AvgIpc) is 2.21. The molecule has 2 nitrogen and oxygen atoms in total. The topological polar surface area (TPSA) is 43.1 Å². The van der Waals surface area contributed by atoms with Crippen molar-refractivity contribution in [3.8, 4) is 0 Å². The number of ketones is 1. The molecule has 1 aromatic rings. The van der Waals surface area contributed by atoms with E-state index < -0.39 is 0 Å². The first-order valence-corrected chi connectivity index (χ1v) is 6.64. The Morgan fingerprint density at radius 1 is 1.38 bits per heavy atom. The van der Waals surface area contributed by atoms with Gasteiger partial charge in [0.1, 0.15) is 5.78 Å². The SMILES string of the molecule is Cc1ccc(CC(=O)CSCC(C)N)cc1. The number of rotatable bonds is 6. The first kappa shape index (κ1) is 13.3. The lowest BCUT2D eigenvalue weighted by Crippen LogP contribution is -2.19. The molecule has 1 atom stereocenters. The molecule has 0 radical (unpaired) electrons. The largest absolute Gasteiger partial charge is 0.327 e. The van der Waals surface area contributed by atoms with Crippen LogP contribution in [0.1, 0.15) is 18.1 Å². The second kappa shape index (κ2) is 6.71. The first-order chi connectivity index (χ1) is 7.58. The maximum absolute atomic E-state index is 11.6. The highest BCUT2D eigenvalue weighted by Crippen LogP contribution is 2.07. The van der Waals surface area contributed by atoms with Crippen LogP contribution >= 0.6 is 11.8 Å². The summed E-state index contributed by atoms with van der Waals surface area (Å²) < 4.78 is 0. The quantitative estimate of drug-likeness (QED) is 0.824. The molecule has 0 amide bonds. The zero-order valence-electron chi connectivity index (χ0n) is 9.90. The Bertz CT molecular complexity index is 332. The van der Waals surface area contributed by atoms with Gasteiger partial charge in [0.25, 0.3) is 0 Å². The fourth-order valence-corrected chi connectivity index (χ4v) is 2.16. The van der Waals surface area contributed by atoms with Crippen molar-refractivity contribution in [2.24, 2.45) is 5.73 Å². The van der Waals surface area contributed by atoms with Gasteiger partial charge in [-0.2, -0.15) is 11.8 Å². The molecular weight excluding hydrogens is 218 g/mol. The fourth-order valence-electron chi connectivity index (χ4n) is 1.34. The van der Waals surface area contributed by atoms with Gasteiger partial charge in [0.2, 0.25) is 0 Å². The molecule has 0 heterocycles. The summed E-state index contributed by atoms with van der Waals surface area (Å²) in [6.45, 7) is 4.00. The van der Waals surface area contributed by atoms with Crippen molar-refractivity contribution >= 4 is 17.5 Å². The van der Waals surface area contributed by atoms with Crippen LogP contribution in [0, 0.1) is 6.92 Å². The van der Waals surface area contributed by atoms with Gasteiger partial charge < -0.3 is 5.73 Å². The summed E-state index contributed by atoms with van der Waals surface area (Å²) in [5.41, 5.74) is 7.93. The van der Waals surface area contributed by atoms with E-state index in [1.807, 2.05) is 38.1 Å². The third-order valence-electron chi connectivity index (χ3n) is 2.17. The lowest BCUT2D eigenvalue weighted by Gasteiger charge is -2.04. The van der Waals surface area contributed by atoms with Gasteiger partial charge in [-0.05, 0) is 19.4 Å². The molecule has 0 saturated carbocycles. The molecule has 0 aromatic heterocycles. The van der Waals surface area contributed by atoms with Gasteiger partial charge in [-0.15, -0.1) is 0 Å². The predicted octanol–water partition coefficient (Wildman–Crippen LogP) is 2.19. The monoisotopic (exact) mass is 237 g/mol. The summed E-state index contributed by atoms with van der Waals surface area (Å²) in [5.74, 6) is 1.68. The van der Waals surface area contributed by atoms with Gasteiger partial charge in [-0.25, -0.2) is 0 Å². The van der Waals surface area contributed by atoms with Crippen LogP contribution in [-0.2, 0) is 11.2 Å². The highest BCUT2D eigenvalue weighted by atomic mass is 32.2. The Labute approximate surface area is 102 Å². The zero-order chi connectivity index (χ0) is 12.0. The standard InChI is InChI=1S/C13H19NOS/c1-10-3-5-12(6-4-10)7-13(15)9-16-8-11(2)14/h3-6,11H,7-9,14H2,1-2H3. The van der Waals surface area contributed by atoms with Crippen molar-refractivity contribution in [2.75, 3.05) is 11.5 Å². The minimum absolute atomic E-state index is 0.164. The van der Waals surface area contributed by atoms with E-state index in [1.54, 1.807) is 11.8 Å². The van der Waals surface area contributed by atoms with E-state index in [4.69, 9.17) is 5.73 Å². The summed E-state index contributed by atoms with van der Waals surface area (Å²) in [5, 5.41) is 0. The van der Waals surface area contributed by atoms with E-state index in [1.165, 1.54) is 5.56 Å². The Morgan fingerprint density at radius 3 is 2.56 bits per heavy atom. The van der Waals surface area contributed by atoms with Gasteiger partial charge in [0.05, 0.1) is 5.75 Å². The van der Waals surface area contributed by atoms with Crippen molar-refractivity contribution in [2.45, 2.75) is 26.3 Å². The molecule has 0 fully saturated rings. The van der Waals surface area contributed by atoms with Gasteiger partial charge in [-0.1, -0.05) is 29.8 Å². The third kappa shape index (κ3) is 5.33. The number of hydrogen-bond acceptors (Lipinski definition) is 3. The molecule has 0 saturated heterocycles. The van der Waals surface area contributed by atoms with Gasteiger partial charge in [0, 0.05) is 18.2 Å². The van der Waals surface area contributed by atoms with Gasteiger partial charge >= 0.3 is 0 Å². The molecule has 1 aromatic carbocycles. The maximum Gasteiger partial charge on any atom is 0.147 e. The summed E-state index contributed by atoms with van der Waals surface area (Å²) in [7, 11) is 0. The highest BCUT2D eigenvalue weighted by molar-refractivity contribution is 8.00. The molecule has 0 aliphatic heterocycles. The van der Waals surface area contributed by atoms with Crippen LogP contribution in [-0.4, -0.2) is 23.3 Å². The average molecular weight is 237 g/mol. The van der Waals surface area contributed by atoms with E-state index in [2.05, 4.69) is 0 Å². The number of thioether (sulfide) groups is 1. The van der Waals surface area contributed by atoms with Crippen LogP contribution in [0.15, 0.2) is 24.3 Å². The van der Waals surface area contributed by atoms with E-state index in [-0.39, 0.29) is 11.8 Å². The number of carbonyl (C=O) groups is 1. The smallest absolute Gasteiger partial charge is 0.147 e. The van der Waals surface area contributed by atoms with Gasteiger partial charge in [-0.3, -0.25) is 4.79 Å². The number of Topliss-reactive ketones (excluding diaryl/α,β-unsaturated/α-hetero) is 1. The second-order valence-corrected chi connectivity index (χ2v) is 5.22. The summed E-state index contributed by atoms with van der Waals surface area (Å²) >= 11 is 1.62. The molecule has 1 rings (SSSR count). The fraction of sp³-hybridized carbons (Fsp3) is 0.462. The van der Waals surface area contributed by atoms with Crippen molar-refractivity contribution < 1.29 is 4.79 Å². The van der Waals surface area contributed by atoms with E-state index in [0.717, 1.165) is 11.3 Å². The Kier molecular flexibility index (Phi) is 5.56. The minimum Gasteiger partial charge on any atom is -0.327 e. The van der Waals surface area contributed by atoms with Crippen LogP contribution in [0.2, 0.25) is 0 Å². The molecule has 3 heteroatoms. The molecule has 0 spiro atoms. The molecule has 0 bridgehead atoms. The number of carbonyl (C=O) groups excluding carboxylic acids is 1. The van der Waals surface area contributed by atoms with E-state index in [9.17, 15) is 4.79 Å².